The monoisotopic (exact) mass is 273 g/mol. The number of imidazole rings is 1. The zero-order valence-corrected chi connectivity index (χ0v) is 11.9. The first-order chi connectivity index (χ1) is 9.52. The molecule has 0 unspecified atom stereocenters. The Morgan fingerprint density at radius 2 is 2.25 bits per heavy atom. The van der Waals surface area contributed by atoms with E-state index in [4.69, 9.17) is 5.73 Å². The molecule has 0 radical (unpaired) electrons. The zero-order chi connectivity index (χ0) is 14.7. The van der Waals surface area contributed by atoms with Crippen LogP contribution in [0.3, 0.4) is 0 Å². The normalized spacial score (nSPS) is 10.3. The SMILES string of the molecule is CNC(=O)c1ccc(N(C)Cc2nccn2C)c(N)c1. The highest BCUT2D eigenvalue weighted by molar-refractivity contribution is 5.95. The lowest BCUT2D eigenvalue weighted by atomic mass is 10.1. The lowest BCUT2D eigenvalue weighted by Crippen LogP contribution is -2.21. The van der Waals surface area contributed by atoms with Gasteiger partial charge >= 0.3 is 0 Å². The van der Waals surface area contributed by atoms with Crippen LogP contribution in [0.4, 0.5) is 11.4 Å². The average molecular weight is 273 g/mol. The van der Waals surface area contributed by atoms with Crippen molar-refractivity contribution in [1.82, 2.24) is 14.9 Å². The molecule has 2 rings (SSSR count). The molecular weight excluding hydrogens is 254 g/mol. The fraction of sp³-hybridized carbons (Fsp3) is 0.286. The topological polar surface area (TPSA) is 76.2 Å². The van der Waals surface area contributed by atoms with Gasteiger partial charge in [0.25, 0.3) is 5.91 Å². The summed E-state index contributed by atoms with van der Waals surface area (Å²) in [6.45, 7) is 0.646. The van der Waals surface area contributed by atoms with E-state index >= 15 is 0 Å². The molecule has 0 fully saturated rings. The summed E-state index contributed by atoms with van der Waals surface area (Å²) < 4.78 is 1.96. The smallest absolute Gasteiger partial charge is 0.251 e. The number of hydrogen-bond donors (Lipinski definition) is 2. The molecular formula is C14H19N5O. The number of carbonyl (C=O) groups is 1. The van der Waals surface area contributed by atoms with Crippen molar-refractivity contribution < 1.29 is 4.79 Å². The van der Waals surface area contributed by atoms with E-state index in [-0.39, 0.29) is 5.91 Å². The standard InChI is InChI=1S/C14H19N5O/c1-16-14(20)10-4-5-12(11(15)8-10)19(3)9-13-17-6-7-18(13)2/h4-8H,9,15H2,1-3H3,(H,16,20). The van der Waals surface area contributed by atoms with Gasteiger partial charge in [-0.05, 0) is 18.2 Å². The Morgan fingerprint density at radius 3 is 2.80 bits per heavy atom. The van der Waals surface area contributed by atoms with Gasteiger partial charge in [0.1, 0.15) is 5.82 Å². The van der Waals surface area contributed by atoms with Crippen molar-refractivity contribution in [3.05, 3.63) is 42.0 Å². The number of hydrogen-bond acceptors (Lipinski definition) is 4. The van der Waals surface area contributed by atoms with Gasteiger partial charge < -0.3 is 20.5 Å². The van der Waals surface area contributed by atoms with Crippen LogP contribution in [-0.4, -0.2) is 29.6 Å². The number of nitrogens with one attached hydrogen (secondary N) is 1. The van der Waals surface area contributed by atoms with Gasteiger partial charge in [-0.1, -0.05) is 0 Å². The number of amides is 1. The van der Waals surface area contributed by atoms with E-state index in [9.17, 15) is 4.79 Å². The molecule has 0 aliphatic carbocycles. The number of nitrogen functional groups attached to an aromatic ring is 1. The molecule has 1 amide bonds. The van der Waals surface area contributed by atoms with E-state index in [2.05, 4.69) is 10.3 Å². The predicted molar refractivity (Wildman–Crippen MR) is 79.6 cm³/mol. The number of benzene rings is 1. The first-order valence-corrected chi connectivity index (χ1v) is 6.32. The van der Waals surface area contributed by atoms with Gasteiger partial charge in [0.2, 0.25) is 0 Å². The second-order valence-electron chi connectivity index (χ2n) is 4.66. The fourth-order valence-electron chi connectivity index (χ4n) is 2.03. The van der Waals surface area contributed by atoms with Gasteiger partial charge in [-0.25, -0.2) is 4.98 Å². The van der Waals surface area contributed by atoms with Crippen LogP contribution in [0.2, 0.25) is 0 Å². The van der Waals surface area contributed by atoms with E-state index < -0.39 is 0 Å². The molecule has 0 saturated carbocycles. The predicted octanol–water partition coefficient (Wildman–Crippen LogP) is 0.998. The number of nitrogens with zero attached hydrogens (tertiary/aromatic N) is 3. The van der Waals surface area contributed by atoms with E-state index in [0.717, 1.165) is 11.5 Å². The van der Waals surface area contributed by atoms with Crippen molar-refractivity contribution in [2.75, 3.05) is 24.7 Å². The minimum Gasteiger partial charge on any atom is -0.397 e. The molecule has 1 aromatic carbocycles. The van der Waals surface area contributed by atoms with Gasteiger partial charge in [0.05, 0.1) is 17.9 Å². The van der Waals surface area contributed by atoms with Gasteiger partial charge in [-0.15, -0.1) is 0 Å². The van der Waals surface area contributed by atoms with Gasteiger partial charge in [0.15, 0.2) is 0 Å². The van der Waals surface area contributed by atoms with Gasteiger partial charge in [-0.2, -0.15) is 0 Å². The van der Waals surface area contributed by atoms with Crippen molar-refractivity contribution in [3.63, 3.8) is 0 Å². The number of aryl methyl sites for hydroxylation is 1. The Kier molecular flexibility index (Phi) is 3.93. The second-order valence-corrected chi connectivity index (χ2v) is 4.66. The van der Waals surface area contributed by atoms with E-state index in [1.54, 1.807) is 25.4 Å². The maximum atomic E-state index is 11.6. The number of nitrogens with two attached hydrogens (primary N) is 1. The third-order valence-corrected chi connectivity index (χ3v) is 3.23. The molecule has 0 aliphatic rings. The summed E-state index contributed by atoms with van der Waals surface area (Å²) in [7, 11) is 5.49. The largest absolute Gasteiger partial charge is 0.397 e. The van der Waals surface area contributed by atoms with E-state index in [1.165, 1.54) is 0 Å². The summed E-state index contributed by atoms with van der Waals surface area (Å²) in [5.41, 5.74) is 8.04. The molecule has 0 spiro atoms. The number of rotatable bonds is 4. The molecule has 1 heterocycles. The summed E-state index contributed by atoms with van der Waals surface area (Å²) in [5.74, 6) is 0.803. The Bertz CT molecular complexity index is 620. The molecule has 0 saturated heterocycles. The summed E-state index contributed by atoms with van der Waals surface area (Å²) >= 11 is 0. The maximum Gasteiger partial charge on any atom is 0.251 e. The van der Waals surface area contributed by atoms with Crippen LogP contribution in [0.1, 0.15) is 16.2 Å². The quantitative estimate of drug-likeness (QED) is 0.815. The fourth-order valence-corrected chi connectivity index (χ4v) is 2.03. The molecule has 1 aromatic heterocycles. The third-order valence-electron chi connectivity index (χ3n) is 3.23. The average Bonchev–Trinajstić information content (AvgIpc) is 2.83. The van der Waals surface area contributed by atoms with Crippen molar-refractivity contribution in [2.24, 2.45) is 7.05 Å². The second kappa shape index (κ2) is 5.64. The van der Waals surface area contributed by atoms with Crippen molar-refractivity contribution in [2.45, 2.75) is 6.54 Å². The Labute approximate surface area is 118 Å². The number of aromatic nitrogens is 2. The number of anilines is 2. The summed E-state index contributed by atoms with van der Waals surface area (Å²) in [6.07, 6.45) is 3.67. The highest BCUT2D eigenvalue weighted by atomic mass is 16.1. The van der Waals surface area contributed by atoms with Crippen LogP contribution in [0.15, 0.2) is 30.6 Å². The summed E-state index contributed by atoms with van der Waals surface area (Å²) in [6, 6.07) is 5.30. The lowest BCUT2D eigenvalue weighted by Gasteiger charge is -2.21. The van der Waals surface area contributed by atoms with Crippen LogP contribution >= 0.6 is 0 Å². The van der Waals surface area contributed by atoms with Crippen LogP contribution in [0.25, 0.3) is 0 Å². The summed E-state index contributed by atoms with van der Waals surface area (Å²) in [5, 5.41) is 2.58. The van der Waals surface area contributed by atoms with Crippen LogP contribution in [0, 0.1) is 0 Å². The van der Waals surface area contributed by atoms with Crippen molar-refractivity contribution >= 4 is 17.3 Å². The highest BCUT2D eigenvalue weighted by Crippen LogP contribution is 2.24. The third kappa shape index (κ3) is 2.74. The molecule has 6 heteroatoms. The summed E-state index contributed by atoms with van der Waals surface area (Å²) in [4.78, 5) is 17.8. The lowest BCUT2D eigenvalue weighted by molar-refractivity contribution is 0.0963. The Hall–Kier alpha value is -2.50. The molecule has 3 N–H and O–H groups in total. The van der Waals surface area contributed by atoms with E-state index in [1.807, 2.05) is 35.8 Å². The minimum absolute atomic E-state index is 0.144. The van der Waals surface area contributed by atoms with Crippen LogP contribution < -0.4 is 16.0 Å². The molecule has 6 nitrogen and oxygen atoms in total. The first-order valence-electron chi connectivity index (χ1n) is 6.32. The Balaban J connectivity index is 2.20. The highest BCUT2D eigenvalue weighted by Gasteiger charge is 2.11. The minimum atomic E-state index is -0.144. The molecule has 0 atom stereocenters. The molecule has 0 bridgehead atoms. The maximum absolute atomic E-state index is 11.6. The molecule has 20 heavy (non-hydrogen) atoms. The van der Waals surface area contributed by atoms with E-state index in [0.29, 0.717) is 17.8 Å². The van der Waals surface area contributed by atoms with Crippen LogP contribution in [0.5, 0.6) is 0 Å². The van der Waals surface area contributed by atoms with Crippen LogP contribution in [-0.2, 0) is 13.6 Å². The zero-order valence-electron chi connectivity index (χ0n) is 11.9. The van der Waals surface area contributed by atoms with Crippen molar-refractivity contribution in [3.8, 4) is 0 Å². The van der Waals surface area contributed by atoms with Gasteiger partial charge in [-0.3, -0.25) is 4.79 Å². The number of carbonyl (C=O) groups excluding carboxylic acids is 1. The molecule has 2 aromatic rings. The first kappa shape index (κ1) is 13.9. The molecule has 0 aliphatic heterocycles. The van der Waals surface area contributed by atoms with Crippen molar-refractivity contribution in [1.29, 1.82) is 0 Å². The van der Waals surface area contributed by atoms with Gasteiger partial charge in [0, 0.05) is 39.1 Å². The molecule has 106 valence electrons. The Morgan fingerprint density at radius 1 is 1.50 bits per heavy atom.